The van der Waals surface area contributed by atoms with Crippen LogP contribution >= 0.6 is 11.3 Å². The first-order valence-corrected chi connectivity index (χ1v) is 9.37. The molecule has 0 aliphatic carbocycles. The second-order valence-corrected chi connectivity index (χ2v) is 7.32. The van der Waals surface area contributed by atoms with Gasteiger partial charge in [0.15, 0.2) is 5.82 Å². The smallest absolute Gasteiger partial charge is 0.293 e. The van der Waals surface area contributed by atoms with E-state index >= 15 is 0 Å². The zero-order chi connectivity index (χ0) is 18.1. The number of carbonyl (C=O) groups excluding carboxylic acids is 1. The minimum atomic E-state index is -0.135. The average Bonchev–Trinajstić information content (AvgIpc) is 3.18. The summed E-state index contributed by atoms with van der Waals surface area (Å²) in [6.07, 6.45) is 3.76. The number of anilines is 1. The van der Waals surface area contributed by atoms with Crippen LogP contribution < -0.4 is 10.5 Å². The standard InChI is InChI=1S/C18H19N5O2S/c1-21-15-12-19-5-4-14(15)20-17(18(21)25)23-8-6-22(7-9-23)16(24)11-13-3-2-10-26-13/h2-5,10,12H,6-9,11H2,1H3. The molecule has 1 amide bonds. The number of nitrogens with zero attached hydrogens (tertiary/aromatic N) is 5. The van der Waals surface area contributed by atoms with Gasteiger partial charge < -0.3 is 14.4 Å². The Morgan fingerprint density at radius 3 is 2.77 bits per heavy atom. The Labute approximate surface area is 154 Å². The third-order valence-corrected chi connectivity index (χ3v) is 5.58. The van der Waals surface area contributed by atoms with Gasteiger partial charge in [0, 0.05) is 44.3 Å². The van der Waals surface area contributed by atoms with E-state index < -0.39 is 0 Å². The van der Waals surface area contributed by atoms with Crippen molar-refractivity contribution in [3.05, 3.63) is 51.2 Å². The van der Waals surface area contributed by atoms with E-state index in [1.54, 1.807) is 41.4 Å². The molecule has 134 valence electrons. The van der Waals surface area contributed by atoms with Crippen molar-refractivity contribution >= 4 is 34.1 Å². The van der Waals surface area contributed by atoms with Crippen LogP contribution in [0.3, 0.4) is 0 Å². The van der Waals surface area contributed by atoms with Crippen molar-refractivity contribution in [3.63, 3.8) is 0 Å². The molecular weight excluding hydrogens is 350 g/mol. The Balaban J connectivity index is 1.50. The van der Waals surface area contributed by atoms with Gasteiger partial charge in [-0.15, -0.1) is 11.3 Å². The van der Waals surface area contributed by atoms with Crippen molar-refractivity contribution in [3.8, 4) is 0 Å². The number of pyridine rings is 1. The molecule has 1 aliphatic rings. The predicted octanol–water partition coefficient (Wildman–Crippen LogP) is 1.28. The highest BCUT2D eigenvalue weighted by molar-refractivity contribution is 7.10. The number of fused-ring (bicyclic) bond motifs is 1. The largest absolute Gasteiger partial charge is 0.348 e. The van der Waals surface area contributed by atoms with Crippen LogP contribution in [0.2, 0.25) is 0 Å². The van der Waals surface area contributed by atoms with Gasteiger partial charge in [0.2, 0.25) is 5.91 Å². The van der Waals surface area contributed by atoms with Gasteiger partial charge in [-0.3, -0.25) is 14.6 Å². The molecule has 1 saturated heterocycles. The van der Waals surface area contributed by atoms with E-state index in [2.05, 4.69) is 9.97 Å². The summed E-state index contributed by atoms with van der Waals surface area (Å²) < 4.78 is 1.58. The fourth-order valence-electron chi connectivity index (χ4n) is 3.20. The first kappa shape index (κ1) is 16.7. The molecule has 4 rings (SSSR count). The normalized spacial score (nSPS) is 14.8. The highest BCUT2D eigenvalue weighted by atomic mass is 32.1. The van der Waals surface area contributed by atoms with Crippen molar-refractivity contribution in [2.45, 2.75) is 6.42 Å². The summed E-state index contributed by atoms with van der Waals surface area (Å²) in [6.45, 7) is 2.41. The van der Waals surface area contributed by atoms with Crippen molar-refractivity contribution in [2.75, 3.05) is 31.1 Å². The molecule has 0 unspecified atom stereocenters. The number of thiophene rings is 1. The number of hydrogen-bond acceptors (Lipinski definition) is 6. The minimum absolute atomic E-state index is 0.135. The first-order chi connectivity index (χ1) is 12.6. The number of aromatic nitrogens is 3. The van der Waals surface area contributed by atoms with E-state index in [0.717, 1.165) is 10.4 Å². The zero-order valence-corrected chi connectivity index (χ0v) is 15.3. The number of piperazine rings is 1. The van der Waals surface area contributed by atoms with E-state index in [-0.39, 0.29) is 11.5 Å². The lowest BCUT2D eigenvalue weighted by Crippen LogP contribution is -2.50. The van der Waals surface area contributed by atoms with Crippen molar-refractivity contribution in [2.24, 2.45) is 7.05 Å². The average molecular weight is 369 g/mol. The monoisotopic (exact) mass is 369 g/mol. The van der Waals surface area contributed by atoms with Crippen LogP contribution in [0.15, 0.2) is 40.8 Å². The Kier molecular flexibility index (Phi) is 4.42. The van der Waals surface area contributed by atoms with Gasteiger partial charge in [-0.1, -0.05) is 6.07 Å². The van der Waals surface area contributed by atoms with E-state index in [0.29, 0.717) is 43.9 Å². The Morgan fingerprint density at radius 1 is 1.23 bits per heavy atom. The van der Waals surface area contributed by atoms with E-state index in [9.17, 15) is 9.59 Å². The van der Waals surface area contributed by atoms with Gasteiger partial charge in [-0.25, -0.2) is 4.98 Å². The van der Waals surface area contributed by atoms with E-state index in [1.807, 2.05) is 27.3 Å². The molecule has 0 saturated carbocycles. The van der Waals surface area contributed by atoms with Gasteiger partial charge >= 0.3 is 0 Å². The van der Waals surface area contributed by atoms with Crippen LogP contribution in [0.5, 0.6) is 0 Å². The van der Waals surface area contributed by atoms with Crippen LogP contribution in [0.25, 0.3) is 11.0 Å². The molecule has 1 aliphatic heterocycles. The predicted molar refractivity (Wildman–Crippen MR) is 102 cm³/mol. The molecule has 0 bridgehead atoms. The fraction of sp³-hybridized carbons (Fsp3) is 0.333. The molecule has 0 aromatic carbocycles. The maximum atomic E-state index is 12.7. The Bertz CT molecular complexity index is 990. The van der Waals surface area contributed by atoms with Crippen LogP contribution in [0, 0.1) is 0 Å². The van der Waals surface area contributed by atoms with Crippen LogP contribution in [0.4, 0.5) is 5.82 Å². The van der Waals surface area contributed by atoms with Crippen molar-refractivity contribution in [1.29, 1.82) is 0 Å². The number of carbonyl (C=O) groups is 1. The number of amides is 1. The molecule has 4 heterocycles. The van der Waals surface area contributed by atoms with Crippen LogP contribution in [-0.4, -0.2) is 51.5 Å². The van der Waals surface area contributed by atoms with E-state index in [4.69, 9.17) is 0 Å². The van der Waals surface area contributed by atoms with Gasteiger partial charge in [0.1, 0.15) is 0 Å². The second kappa shape index (κ2) is 6.87. The number of aryl methyl sites for hydroxylation is 1. The van der Waals surface area contributed by atoms with E-state index in [1.165, 1.54) is 0 Å². The lowest BCUT2D eigenvalue weighted by atomic mass is 10.2. The molecule has 0 atom stereocenters. The highest BCUT2D eigenvalue weighted by Crippen LogP contribution is 2.16. The van der Waals surface area contributed by atoms with Gasteiger partial charge in [0.05, 0.1) is 23.7 Å². The maximum absolute atomic E-state index is 12.7. The SMILES string of the molecule is Cn1c(=O)c(N2CCN(C(=O)Cc3cccs3)CC2)nc2ccncc21. The summed E-state index contributed by atoms with van der Waals surface area (Å²) in [4.78, 5) is 38.6. The molecule has 1 fully saturated rings. The zero-order valence-electron chi connectivity index (χ0n) is 14.5. The summed E-state index contributed by atoms with van der Waals surface area (Å²) in [5.74, 6) is 0.578. The van der Waals surface area contributed by atoms with Crippen molar-refractivity contribution in [1.82, 2.24) is 19.4 Å². The summed E-state index contributed by atoms with van der Waals surface area (Å²) in [7, 11) is 1.73. The van der Waals surface area contributed by atoms with Crippen LogP contribution in [0.1, 0.15) is 4.88 Å². The minimum Gasteiger partial charge on any atom is -0.348 e. The molecule has 8 heteroatoms. The van der Waals surface area contributed by atoms with Gasteiger partial charge in [-0.05, 0) is 17.5 Å². The lowest BCUT2D eigenvalue weighted by molar-refractivity contribution is -0.130. The molecule has 0 spiro atoms. The molecule has 3 aromatic heterocycles. The quantitative estimate of drug-likeness (QED) is 0.696. The molecular formula is C18H19N5O2S. The van der Waals surface area contributed by atoms with Crippen molar-refractivity contribution < 1.29 is 4.79 Å². The number of rotatable bonds is 3. The molecule has 0 radical (unpaired) electrons. The summed E-state index contributed by atoms with van der Waals surface area (Å²) >= 11 is 1.60. The first-order valence-electron chi connectivity index (χ1n) is 8.49. The summed E-state index contributed by atoms with van der Waals surface area (Å²) in [5, 5.41) is 1.98. The van der Waals surface area contributed by atoms with Gasteiger partial charge in [0.25, 0.3) is 5.56 Å². The topological polar surface area (TPSA) is 71.3 Å². The lowest BCUT2D eigenvalue weighted by Gasteiger charge is -2.35. The molecule has 0 N–H and O–H groups in total. The maximum Gasteiger partial charge on any atom is 0.293 e. The third kappa shape index (κ3) is 3.08. The summed E-state index contributed by atoms with van der Waals surface area (Å²) in [6, 6.07) is 5.75. The molecule has 7 nitrogen and oxygen atoms in total. The van der Waals surface area contributed by atoms with Crippen LogP contribution in [-0.2, 0) is 18.3 Å². The fourth-order valence-corrected chi connectivity index (χ4v) is 3.90. The Hall–Kier alpha value is -2.74. The highest BCUT2D eigenvalue weighted by Gasteiger charge is 2.24. The Morgan fingerprint density at radius 2 is 2.04 bits per heavy atom. The van der Waals surface area contributed by atoms with Gasteiger partial charge in [-0.2, -0.15) is 0 Å². The molecule has 3 aromatic rings. The summed E-state index contributed by atoms with van der Waals surface area (Å²) in [5.41, 5.74) is 1.32. The second-order valence-electron chi connectivity index (χ2n) is 6.29. The third-order valence-electron chi connectivity index (χ3n) is 4.70. The molecule has 26 heavy (non-hydrogen) atoms. The number of hydrogen-bond donors (Lipinski definition) is 0.